The van der Waals surface area contributed by atoms with Gasteiger partial charge in [-0.05, 0) is 25.7 Å². The highest BCUT2D eigenvalue weighted by molar-refractivity contribution is 5.85. The molecular weight excluding hydrogens is 286 g/mol. The molecule has 0 saturated heterocycles. The van der Waals surface area contributed by atoms with E-state index in [0.717, 1.165) is 32.1 Å². The number of carboxylic acid groups (broad SMARTS) is 1. The molecule has 0 amide bonds. The van der Waals surface area contributed by atoms with Crippen LogP contribution in [-0.2, 0) is 6.42 Å². The number of carboxylic acids is 1. The fourth-order valence-electron chi connectivity index (χ4n) is 2.88. The Balaban J connectivity index is 1.71. The van der Waals surface area contributed by atoms with Crippen molar-refractivity contribution in [1.29, 1.82) is 0 Å². The van der Waals surface area contributed by atoms with E-state index in [4.69, 9.17) is 5.11 Å². The summed E-state index contributed by atoms with van der Waals surface area (Å²) in [6.07, 6.45) is 6.17. The number of tetrazole rings is 1. The zero-order valence-corrected chi connectivity index (χ0v) is 12.4. The average molecular weight is 305 g/mol. The molecule has 0 aromatic carbocycles. The van der Waals surface area contributed by atoms with Gasteiger partial charge in [-0.25, -0.2) is 9.78 Å². The van der Waals surface area contributed by atoms with Crippen LogP contribution in [0.3, 0.4) is 0 Å². The Morgan fingerprint density at radius 3 is 3.09 bits per heavy atom. The highest BCUT2D eigenvalue weighted by atomic mass is 16.4. The van der Waals surface area contributed by atoms with Crippen molar-refractivity contribution in [3.8, 4) is 0 Å². The number of nitrogens with one attached hydrogen (secondary N) is 2. The van der Waals surface area contributed by atoms with Crippen LogP contribution in [0.2, 0.25) is 0 Å². The average Bonchev–Trinajstić information content (AvgIpc) is 3.15. The van der Waals surface area contributed by atoms with Crippen molar-refractivity contribution in [2.75, 3.05) is 5.32 Å². The van der Waals surface area contributed by atoms with Crippen molar-refractivity contribution in [1.82, 2.24) is 30.2 Å². The van der Waals surface area contributed by atoms with Gasteiger partial charge in [-0.15, -0.1) is 10.2 Å². The molecule has 0 spiro atoms. The number of nitrogens with zero attached hydrogens (tertiary/aromatic N) is 5. The van der Waals surface area contributed by atoms with Crippen LogP contribution in [0.1, 0.15) is 55.0 Å². The molecule has 3 N–H and O–H groups in total. The smallest absolute Gasteiger partial charge is 0.356 e. The summed E-state index contributed by atoms with van der Waals surface area (Å²) in [5.74, 6) is 0.361. The first kappa shape index (κ1) is 14.5. The molecule has 3 heterocycles. The second kappa shape index (κ2) is 6.12. The van der Waals surface area contributed by atoms with E-state index in [9.17, 15) is 4.79 Å². The summed E-state index contributed by atoms with van der Waals surface area (Å²) >= 11 is 0. The molecule has 2 unspecified atom stereocenters. The molecule has 2 aromatic rings. The number of hydrogen-bond donors (Lipinski definition) is 3. The molecular formula is C13H19N7O2. The molecule has 9 nitrogen and oxygen atoms in total. The standard InChI is InChI=1S/C13H19N7O2/c1-2-8-6-9(4-3-5-11-16-18-19-17-11)20-7-10(12(21)22)15-13(20)14-8/h7-9H,2-6H2,1H3,(H,14,15)(H,21,22)(H,16,17,18,19). The van der Waals surface area contributed by atoms with Crippen LogP contribution in [0.25, 0.3) is 0 Å². The second-order valence-corrected chi connectivity index (χ2v) is 5.52. The summed E-state index contributed by atoms with van der Waals surface area (Å²) in [4.78, 5) is 15.3. The van der Waals surface area contributed by atoms with Gasteiger partial charge in [0, 0.05) is 24.7 Å². The Hall–Kier alpha value is -2.45. The lowest BCUT2D eigenvalue weighted by molar-refractivity contribution is 0.0691. The molecule has 1 aliphatic heterocycles. The Bertz CT molecular complexity index is 637. The Morgan fingerprint density at radius 1 is 1.55 bits per heavy atom. The SMILES string of the molecule is CCC1CC(CCCc2nn[nH]n2)n2cc(C(=O)O)nc2N1. The van der Waals surface area contributed by atoms with E-state index in [0.29, 0.717) is 17.8 Å². The predicted molar refractivity (Wildman–Crippen MR) is 77.7 cm³/mol. The van der Waals surface area contributed by atoms with Crippen LogP contribution >= 0.6 is 0 Å². The number of imidazole rings is 1. The summed E-state index contributed by atoms with van der Waals surface area (Å²) in [6, 6.07) is 0.570. The van der Waals surface area contributed by atoms with Crippen molar-refractivity contribution in [2.24, 2.45) is 0 Å². The van der Waals surface area contributed by atoms with E-state index in [-0.39, 0.29) is 11.7 Å². The van der Waals surface area contributed by atoms with Crippen molar-refractivity contribution >= 4 is 11.9 Å². The van der Waals surface area contributed by atoms with Crippen LogP contribution in [0.15, 0.2) is 6.20 Å². The van der Waals surface area contributed by atoms with E-state index in [2.05, 4.69) is 37.8 Å². The molecule has 0 bridgehead atoms. The first-order valence-corrected chi connectivity index (χ1v) is 7.48. The van der Waals surface area contributed by atoms with Gasteiger partial charge in [-0.3, -0.25) is 0 Å². The molecule has 22 heavy (non-hydrogen) atoms. The summed E-state index contributed by atoms with van der Waals surface area (Å²) in [7, 11) is 0. The number of hydrogen-bond acceptors (Lipinski definition) is 6. The van der Waals surface area contributed by atoms with Crippen molar-refractivity contribution < 1.29 is 9.90 Å². The molecule has 0 radical (unpaired) electrons. The van der Waals surface area contributed by atoms with Gasteiger partial charge in [-0.2, -0.15) is 5.21 Å². The number of aryl methyl sites for hydroxylation is 1. The largest absolute Gasteiger partial charge is 0.476 e. The van der Waals surface area contributed by atoms with Gasteiger partial charge in [0.2, 0.25) is 5.95 Å². The molecule has 0 saturated carbocycles. The fraction of sp³-hybridized carbons (Fsp3) is 0.615. The van der Waals surface area contributed by atoms with Crippen LogP contribution < -0.4 is 5.32 Å². The van der Waals surface area contributed by atoms with Gasteiger partial charge in [-0.1, -0.05) is 12.1 Å². The maximum atomic E-state index is 11.1. The summed E-state index contributed by atoms with van der Waals surface area (Å²) < 4.78 is 1.95. The minimum Gasteiger partial charge on any atom is -0.476 e. The number of aromatic nitrogens is 6. The summed E-state index contributed by atoms with van der Waals surface area (Å²) in [5, 5.41) is 26.3. The van der Waals surface area contributed by atoms with E-state index < -0.39 is 5.97 Å². The highest BCUT2D eigenvalue weighted by Gasteiger charge is 2.27. The lowest BCUT2D eigenvalue weighted by Gasteiger charge is -2.32. The second-order valence-electron chi connectivity index (χ2n) is 5.52. The maximum Gasteiger partial charge on any atom is 0.356 e. The molecule has 118 valence electrons. The lowest BCUT2D eigenvalue weighted by Crippen LogP contribution is -2.31. The van der Waals surface area contributed by atoms with Crippen molar-refractivity contribution in [3.05, 3.63) is 17.7 Å². The topological polar surface area (TPSA) is 122 Å². The quantitative estimate of drug-likeness (QED) is 0.734. The monoisotopic (exact) mass is 305 g/mol. The van der Waals surface area contributed by atoms with Crippen LogP contribution in [0.4, 0.5) is 5.95 Å². The number of H-pyrrole nitrogens is 1. The Kier molecular flexibility index (Phi) is 4.03. The zero-order valence-electron chi connectivity index (χ0n) is 12.4. The summed E-state index contributed by atoms with van der Waals surface area (Å²) in [5.41, 5.74) is 0.0856. The predicted octanol–water partition coefficient (Wildman–Crippen LogP) is 1.25. The fourth-order valence-corrected chi connectivity index (χ4v) is 2.88. The third kappa shape index (κ3) is 2.92. The van der Waals surface area contributed by atoms with E-state index in [1.54, 1.807) is 6.20 Å². The van der Waals surface area contributed by atoms with E-state index in [1.807, 2.05) is 4.57 Å². The highest BCUT2D eigenvalue weighted by Crippen LogP contribution is 2.31. The number of carbonyl (C=O) groups is 1. The van der Waals surface area contributed by atoms with Gasteiger partial charge < -0.3 is 15.0 Å². The normalized spacial score (nSPS) is 20.4. The molecule has 9 heteroatoms. The van der Waals surface area contributed by atoms with Crippen molar-refractivity contribution in [2.45, 2.75) is 51.1 Å². The zero-order chi connectivity index (χ0) is 15.5. The Morgan fingerprint density at radius 2 is 2.41 bits per heavy atom. The Labute approximate surface area is 127 Å². The summed E-state index contributed by atoms with van der Waals surface area (Å²) in [6.45, 7) is 2.12. The molecule has 2 aromatic heterocycles. The number of rotatable bonds is 6. The molecule has 0 fully saturated rings. The lowest BCUT2D eigenvalue weighted by atomic mass is 9.98. The van der Waals surface area contributed by atoms with Gasteiger partial charge in [0.05, 0.1) is 0 Å². The van der Waals surface area contributed by atoms with Gasteiger partial charge in [0.1, 0.15) is 0 Å². The third-order valence-corrected chi connectivity index (χ3v) is 4.05. The minimum absolute atomic E-state index is 0.0856. The molecule has 3 rings (SSSR count). The van der Waals surface area contributed by atoms with Gasteiger partial charge >= 0.3 is 5.97 Å². The van der Waals surface area contributed by atoms with Crippen LogP contribution in [0.5, 0.6) is 0 Å². The van der Waals surface area contributed by atoms with Gasteiger partial charge in [0.15, 0.2) is 11.5 Å². The van der Waals surface area contributed by atoms with E-state index >= 15 is 0 Å². The van der Waals surface area contributed by atoms with Crippen LogP contribution in [0, 0.1) is 0 Å². The number of fused-ring (bicyclic) bond motifs is 1. The molecule has 1 aliphatic rings. The number of aromatic amines is 1. The number of anilines is 1. The minimum atomic E-state index is -0.998. The van der Waals surface area contributed by atoms with E-state index in [1.165, 1.54) is 0 Å². The van der Waals surface area contributed by atoms with Crippen LogP contribution in [-0.4, -0.2) is 47.3 Å². The molecule has 0 aliphatic carbocycles. The van der Waals surface area contributed by atoms with Crippen molar-refractivity contribution in [3.63, 3.8) is 0 Å². The van der Waals surface area contributed by atoms with Gasteiger partial charge in [0.25, 0.3) is 0 Å². The number of aromatic carboxylic acids is 1. The first-order valence-electron chi connectivity index (χ1n) is 7.48. The third-order valence-electron chi connectivity index (χ3n) is 4.05. The molecule has 2 atom stereocenters. The first-order chi connectivity index (χ1) is 10.7. The maximum absolute atomic E-state index is 11.1.